The molecular formula is C22H29ClN2O2. The van der Waals surface area contributed by atoms with Crippen LogP contribution in [-0.4, -0.2) is 19.1 Å². The van der Waals surface area contributed by atoms with Crippen molar-refractivity contribution in [2.45, 2.75) is 44.7 Å². The molecule has 1 amide bonds. The fourth-order valence-electron chi connectivity index (χ4n) is 3.71. The van der Waals surface area contributed by atoms with Crippen LogP contribution in [0.2, 0.25) is 0 Å². The number of ether oxygens (including phenoxy) is 1. The van der Waals surface area contributed by atoms with Gasteiger partial charge in [0.2, 0.25) is 5.91 Å². The average Bonchev–Trinajstić information content (AvgIpc) is 2.68. The number of para-hydroxylation sites is 1. The largest absolute Gasteiger partial charge is 0.496 e. The topological polar surface area (TPSA) is 64.3 Å². The molecule has 0 heterocycles. The molecule has 3 atom stereocenters. The summed E-state index contributed by atoms with van der Waals surface area (Å²) in [5.41, 5.74) is 9.27. The Balaban J connectivity index is 0.00000261. The molecule has 3 N–H and O–H groups in total. The molecule has 5 heteroatoms. The number of carbonyl (C=O) groups excluding carboxylic acids is 1. The van der Waals surface area contributed by atoms with Gasteiger partial charge in [-0.2, -0.15) is 0 Å². The van der Waals surface area contributed by atoms with E-state index < -0.39 is 0 Å². The molecule has 1 fully saturated rings. The van der Waals surface area contributed by atoms with E-state index in [2.05, 4.69) is 29.6 Å². The lowest BCUT2D eigenvalue weighted by molar-refractivity contribution is -0.126. The third-order valence-electron chi connectivity index (χ3n) is 5.27. The van der Waals surface area contributed by atoms with E-state index in [4.69, 9.17) is 10.5 Å². The first-order valence-electron chi connectivity index (χ1n) is 9.37. The quantitative estimate of drug-likeness (QED) is 0.793. The minimum atomic E-state index is -0.0210. The van der Waals surface area contributed by atoms with Gasteiger partial charge in [-0.3, -0.25) is 4.79 Å². The molecule has 0 bridgehead atoms. The Kier molecular flexibility index (Phi) is 7.69. The third kappa shape index (κ3) is 5.24. The van der Waals surface area contributed by atoms with Gasteiger partial charge in [-0.05, 0) is 43.4 Å². The van der Waals surface area contributed by atoms with Crippen LogP contribution >= 0.6 is 12.4 Å². The number of halogens is 1. The summed E-state index contributed by atoms with van der Waals surface area (Å²) in [5, 5.41) is 3.15. The molecule has 3 rings (SSSR count). The fraction of sp³-hybridized carbons (Fsp3) is 0.409. The Morgan fingerprint density at radius 2 is 1.85 bits per heavy atom. The number of hydrogen-bond donors (Lipinski definition) is 2. The summed E-state index contributed by atoms with van der Waals surface area (Å²) in [4.78, 5) is 12.5. The molecule has 0 radical (unpaired) electrons. The Morgan fingerprint density at radius 3 is 2.52 bits per heavy atom. The average molecular weight is 389 g/mol. The molecular weight excluding hydrogens is 360 g/mol. The summed E-state index contributed by atoms with van der Waals surface area (Å²) in [5.74, 6) is 1.03. The van der Waals surface area contributed by atoms with E-state index in [-0.39, 0.29) is 36.3 Å². The van der Waals surface area contributed by atoms with E-state index in [1.165, 1.54) is 0 Å². The van der Waals surface area contributed by atoms with E-state index in [0.29, 0.717) is 0 Å². The van der Waals surface area contributed by atoms with Crippen LogP contribution in [0.15, 0.2) is 48.5 Å². The van der Waals surface area contributed by atoms with Crippen LogP contribution in [-0.2, 0) is 4.79 Å². The van der Waals surface area contributed by atoms with Crippen molar-refractivity contribution in [3.63, 3.8) is 0 Å². The first-order valence-corrected chi connectivity index (χ1v) is 9.37. The molecule has 2 aromatic carbocycles. The summed E-state index contributed by atoms with van der Waals surface area (Å²) in [6.45, 7) is 2.03. The maximum atomic E-state index is 12.5. The first kappa shape index (κ1) is 21.3. The van der Waals surface area contributed by atoms with Crippen LogP contribution in [0.25, 0.3) is 11.1 Å². The van der Waals surface area contributed by atoms with Gasteiger partial charge in [-0.25, -0.2) is 0 Å². The standard InChI is InChI=1S/C22H28N2O2.ClH/c1-15(24-22(25)18-6-5-7-19(23)14-18)16-10-12-17(13-11-16)20-8-3-4-9-21(20)26-2;/h3-4,8-13,15,18-19H,5-7,14,23H2,1-2H3,(H,24,25);1H. The molecule has 2 aromatic rings. The van der Waals surface area contributed by atoms with Crippen LogP contribution in [0.5, 0.6) is 5.75 Å². The number of amides is 1. The third-order valence-corrected chi connectivity index (χ3v) is 5.27. The van der Waals surface area contributed by atoms with Crippen LogP contribution in [0.4, 0.5) is 0 Å². The van der Waals surface area contributed by atoms with Crippen molar-refractivity contribution in [1.29, 1.82) is 0 Å². The van der Waals surface area contributed by atoms with Crippen molar-refractivity contribution in [2.75, 3.05) is 7.11 Å². The maximum Gasteiger partial charge on any atom is 0.223 e. The van der Waals surface area contributed by atoms with Gasteiger partial charge in [0, 0.05) is 17.5 Å². The van der Waals surface area contributed by atoms with Gasteiger partial charge in [0.15, 0.2) is 0 Å². The van der Waals surface area contributed by atoms with E-state index in [9.17, 15) is 4.79 Å². The molecule has 4 nitrogen and oxygen atoms in total. The summed E-state index contributed by atoms with van der Waals surface area (Å²) in [6, 6.07) is 16.4. The van der Waals surface area contributed by atoms with E-state index in [1.54, 1.807) is 7.11 Å². The summed E-state index contributed by atoms with van der Waals surface area (Å²) in [7, 11) is 1.68. The van der Waals surface area contributed by atoms with E-state index in [1.807, 2.05) is 31.2 Å². The zero-order valence-electron chi connectivity index (χ0n) is 16.0. The zero-order chi connectivity index (χ0) is 18.5. The van der Waals surface area contributed by atoms with Crippen molar-refractivity contribution >= 4 is 18.3 Å². The van der Waals surface area contributed by atoms with Gasteiger partial charge >= 0.3 is 0 Å². The summed E-state index contributed by atoms with van der Waals surface area (Å²) < 4.78 is 5.44. The zero-order valence-corrected chi connectivity index (χ0v) is 16.8. The predicted octanol–water partition coefficient (Wildman–Crippen LogP) is 4.48. The number of nitrogens with two attached hydrogens (primary N) is 1. The lowest BCUT2D eigenvalue weighted by Crippen LogP contribution is -2.38. The molecule has 1 aliphatic rings. The molecule has 0 aromatic heterocycles. The van der Waals surface area contributed by atoms with Crippen molar-refractivity contribution in [1.82, 2.24) is 5.32 Å². The molecule has 0 aliphatic heterocycles. The first-order chi connectivity index (χ1) is 12.6. The Labute approximate surface area is 167 Å². The summed E-state index contributed by atoms with van der Waals surface area (Å²) in [6.07, 6.45) is 3.81. The van der Waals surface area contributed by atoms with Crippen molar-refractivity contribution in [3.05, 3.63) is 54.1 Å². The number of methoxy groups -OCH3 is 1. The highest BCUT2D eigenvalue weighted by Crippen LogP contribution is 2.30. The SMILES string of the molecule is COc1ccccc1-c1ccc(C(C)NC(=O)C2CCCC(N)C2)cc1.Cl. The highest BCUT2D eigenvalue weighted by atomic mass is 35.5. The van der Waals surface area contributed by atoms with Crippen molar-refractivity contribution in [3.8, 4) is 16.9 Å². The smallest absolute Gasteiger partial charge is 0.223 e. The normalized spacial score (nSPS) is 20.3. The molecule has 1 saturated carbocycles. The van der Waals surface area contributed by atoms with Gasteiger partial charge in [0.05, 0.1) is 13.2 Å². The predicted molar refractivity (Wildman–Crippen MR) is 112 cm³/mol. The fourth-order valence-corrected chi connectivity index (χ4v) is 3.71. The minimum Gasteiger partial charge on any atom is -0.496 e. The molecule has 0 spiro atoms. The number of hydrogen-bond acceptors (Lipinski definition) is 3. The molecule has 146 valence electrons. The number of carbonyl (C=O) groups is 1. The number of benzene rings is 2. The lowest BCUT2D eigenvalue weighted by Gasteiger charge is -2.27. The highest BCUT2D eigenvalue weighted by molar-refractivity contribution is 5.85. The van der Waals surface area contributed by atoms with Gasteiger partial charge in [-0.15, -0.1) is 12.4 Å². The second-order valence-electron chi connectivity index (χ2n) is 7.18. The lowest BCUT2D eigenvalue weighted by atomic mass is 9.85. The van der Waals surface area contributed by atoms with Crippen LogP contribution < -0.4 is 15.8 Å². The van der Waals surface area contributed by atoms with Gasteiger partial charge in [0.25, 0.3) is 0 Å². The van der Waals surface area contributed by atoms with Gasteiger partial charge < -0.3 is 15.8 Å². The van der Waals surface area contributed by atoms with Crippen molar-refractivity contribution < 1.29 is 9.53 Å². The number of rotatable bonds is 5. The van der Waals surface area contributed by atoms with Gasteiger partial charge in [-0.1, -0.05) is 48.9 Å². The van der Waals surface area contributed by atoms with E-state index >= 15 is 0 Å². The molecule has 1 aliphatic carbocycles. The monoisotopic (exact) mass is 388 g/mol. The van der Waals surface area contributed by atoms with Crippen LogP contribution in [0, 0.1) is 5.92 Å². The molecule has 3 unspecified atom stereocenters. The minimum absolute atomic E-state index is 0. The molecule has 0 saturated heterocycles. The second kappa shape index (κ2) is 9.77. The second-order valence-corrected chi connectivity index (χ2v) is 7.18. The van der Waals surface area contributed by atoms with Crippen molar-refractivity contribution in [2.24, 2.45) is 11.7 Å². The highest BCUT2D eigenvalue weighted by Gasteiger charge is 2.26. The van der Waals surface area contributed by atoms with Crippen LogP contribution in [0.1, 0.15) is 44.2 Å². The van der Waals surface area contributed by atoms with E-state index in [0.717, 1.165) is 48.1 Å². The van der Waals surface area contributed by atoms with Crippen LogP contribution in [0.3, 0.4) is 0 Å². The summed E-state index contributed by atoms with van der Waals surface area (Å²) >= 11 is 0. The molecule has 27 heavy (non-hydrogen) atoms. The maximum absolute atomic E-state index is 12.5. The number of nitrogens with one attached hydrogen (secondary N) is 1. The van der Waals surface area contributed by atoms with Gasteiger partial charge in [0.1, 0.15) is 5.75 Å². The Morgan fingerprint density at radius 1 is 1.15 bits per heavy atom. The Bertz CT molecular complexity index is 748. The Hall–Kier alpha value is -2.04.